The van der Waals surface area contributed by atoms with Crippen molar-refractivity contribution >= 4 is 15.9 Å². The highest BCUT2D eigenvalue weighted by Crippen LogP contribution is 2.35. The molecule has 112 valence electrons. The minimum absolute atomic E-state index is 0.207. The Bertz CT molecular complexity index is 638. The van der Waals surface area contributed by atoms with Gasteiger partial charge in [0.2, 0.25) is 0 Å². The van der Waals surface area contributed by atoms with Gasteiger partial charge in [-0.3, -0.25) is 0 Å². The van der Waals surface area contributed by atoms with E-state index in [1.807, 2.05) is 13.0 Å². The van der Waals surface area contributed by atoms with Gasteiger partial charge in [-0.05, 0) is 41.3 Å². The molecule has 0 amide bonds. The fraction of sp³-hybridized carbons (Fsp3) is 0.250. The van der Waals surface area contributed by atoms with Gasteiger partial charge in [0.1, 0.15) is 6.10 Å². The Balaban J connectivity index is 2.44. The molecule has 0 saturated carbocycles. The molecule has 0 aromatic heterocycles. The minimum Gasteiger partial charge on any atom is -0.384 e. The third-order valence-electron chi connectivity index (χ3n) is 3.29. The van der Waals surface area contributed by atoms with Gasteiger partial charge in [0, 0.05) is 4.47 Å². The molecule has 2 aromatic rings. The zero-order valence-corrected chi connectivity index (χ0v) is 12.9. The van der Waals surface area contributed by atoms with Gasteiger partial charge in [0.25, 0.3) is 0 Å². The van der Waals surface area contributed by atoms with Crippen LogP contribution in [0.15, 0.2) is 46.9 Å². The van der Waals surface area contributed by atoms with Crippen LogP contribution in [0.1, 0.15) is 35.3 Å². The molecule has 2 rings (SSSR count). The summed E-state index contributed by atoms with van der Waals surface area (Å²) in [5.41, 5.74) is 1.04. The van der Waals surface area contributed by atoms with E-state index in [0.717, 1.165) is 24.1 Å². The van der Waals surface area contributed by atoms with Crippen molar-refractivity contribution in [1.29, 1.82) is 0 Å². The van der Waals surface area contributed by atoms with Crippen LogP contribution in [0, 0.1) is 0 Å². The van der Waals surface area contributed by atoms with Crippen LogP contribution in [-0.2, 0) is 12.6 Å². The number of aliphatic hydroxyl groups excluding tert-OH is 1. The van der Waals surface area contributed by atoms with E-state index >= 15 is 0 Å². The zero-order chi connectivity index (χ0) is 15.6. The highest BCUT2D eigenvalue weighted by molar-refractivity contribution is 9.10. The van der Waals surface area contributed by atoms with Crippen molar-refractivity contribution < 1.29 is 18.3 Å². The topological polar surface area (TPSA) is 20.2 Å². The maximum absolute atomic E-state index is 12.8. The van der Waals surface area contributed by atoms with E-state index in [4.69, 9.17) is 0 Å². The van der Waals surface area contributed by atoms with Crippen molar-refractivity contribution in [3.05, 3.63) is 69.2 Å². The first-order valence-electron chi connectivity index (χ1n) is 6.46. The van der Waals surface area contributed by atoms with Crippen molar-refractivity contribution in [1.82, 2.24) is 0 Å². The van der Waals surface area contributed by atoms with Gasteiger partial charge in [-0.2, -0.15) is 13.2 Å². The third kappa shape index (κ3) is 3.66. The van der Waals surface area contributed by atoms with Crippen LogP contribution in [0.25, 0.3) is 0 Å². The fourth-order valence-corrected chi connectivity index (χ4v) is 2.56. The van der Waals surface area contributed by atoms with Gasteiger partial charge in [-0.1, -0.05) is 47.1 Å². The van der Waals surface area contributed by atoms with E-state index in [2.05, 4.69) is 15.9 Å². The summed E-state index contributed by atoms with van der Waals surface area (Å²) in [7, 11) is 0. The highest BCUT2D eigenvalue weighted by Gasteiger charge is 2.31. The number of benzene rings is 2. The number of hydrogen-bond donors (Lipinski definition) is 1. The number of halogens is 4. The van der Waals surface area contributed by atoms with Crippen molar-refractivity contribution in [2.75, 3.05) is 0 Å². The molecule has 1 N–H and O–H groups in total. The molecule has 0 heterocycles. The van der Waals surface area contributed by atoms with E-state index in [-0.39, 0.29) is 5.56 Å². The van der Waals surface area contributed by atoms with Crippen LogP contribution >= 0.6 is 15.9 Å². The number of hydrogen-bond acceptors (Lipinski definition) is 1. The van der Waals surface area contributed by atoms with Crippen molar-refractivity contribution in [2.45, 2.75) is 25.6 Å². The van der Waals surface area contributed by atoms with Crippen LogP contribution < -0.4 is 0 Å². The monoisotopic (exact) mass is 358 g/mol. The Morgan fingerprint density at radius 1 is 1.14 bits per heavy atom. The molecular weight excluding hydrogens is 345 g/mol. The summed E-state index contributed by atoms with van der Waals surface area (Å²) >= 11 is 3.20. The largest absolute Gasteiger partial charge is 0.416 e. The number of rotatable bonds is 3. The van der Waals surface area contributed by atoms with Crippen molar-refractivity contribution in [3.8, 4) is 0 Å². The number of aryl methyl sites for hydroxylation is 1. The summed E-state index contributed by atoms with van der Waals surface area (Å²) in [6, 6.07) is 10.5. The molecule has 5 heteroatoms. The lowest BCUT2D eigenvalue weighted by Gasteiger charge is -2.16. The average molecular weight is 359 g/mol. The SMILES string of the molecule is CCc1cccc(C(O)c2cc(C(F)(F)F)ccc2Br)c1. The molecule has 0 aliphatic heterocycles. The van der Waals surface area contributed by atoms with E-state index in [9.17, 15) is 18.3 Å². The van der Waals surface area contributed by atoms with Crippen LogP contribution in [0.2, 0.25) is 0 Å². The van der Waals surface area contributed by atoms with E-state index in [0.29, 0.717) is 10.0 Å². The average Bonchev–Trinajstić information content (AvgIpc) is 2.46. The van der Waals surface area contributed by atoms with Gasteiger partial charge in [-0.15, -0.1) is 0 Å². The van der Waals surface area contributed by atoms with Crippen LogP contribution in [-0.4, -0.2) is 5.11 Å². The van der Waals surface area contributed by atoms with E-state index in [1.54, 1.807) is 18.2 Å². The molecule has 1 atom stereocenters. The molecule has 1 nitrogen and oxygen atoms in total. The van der Waals surface area contributed by atoms with Gasteiger partial charge in [0.15, 0.2) is 0 Å². The molecule has 0 saturated heterocycles. The second-order valence-electron chi connectivity index (χ2n) is 4.74. The molecule has 2 aromatic carbocycles. The number of aliphatic hydroxyl groups is 1. The third-order valence-corrected chi connectivity index (χ3v) is 4.02. The predicted octanol–water partition coefficient (Wildman–Crippen LogP) is 5.11. The molecule has 0 bridgehead atoms. The Hall–Kier alpha value is -1.33. The Kier molecular flexibility index (Phi) is 4.74. The number of alkyl halides is 3. The lowest BCUT2D eigenvalue weighted by Crippen LogP contribution is -2.08. The van der Waals surface area contributed by atoms with Gasteiger partial charge < -0.3 is 5.11 Å². The maximum atomic E-state index is 12.8. The second-order valence-corrected chi connectivity index (χ2v) is 5.59. The van der Waals surface area contributed by atoms with Gasteiger partial charge in [-0.25, -0.2) is 0 Å². The zero-order valence-electron chi connectivity index (χ0n) is 11.3. The van der Waals surface area contributed by atoms with Gasteiger partial charge in [0.05, 0.1) is 5.56 Å². The second kappa shape index (κ2) is 6.20. The first-order valence-corrected chi connectivity index (χ1v) is 7.25. The van der Waals surface area contributed by atoms with E-state index in [1.165, 1.54) is 6.07 Å². The van der Waals surface area contributed by atoms with E-state index < -0.39 is 17.8 Å². The molecule has 0 aliphatic rings. The van der Waals surface area contributed by atoms with Crippen LogP contribution in [0.4, 0.5) is 13.2 Å². The summed E-state index contributed by atoms with van der Waals surface area (Å²) in [5.74, 6) is 0. The summed E-state index contributed by atoms with van der Waals surface area (Å²) in [6.45, 7) is 1.98. The van der Waals surface area contributed by atoms with Crippen molar-refractivity contribution in [2.24, 2.45) is 0 Å². The predicted molar refractivity (Wildman–Crippen MR) is 79.0 cm³/mol. The quantitative estimate of drug-likeness (QED) is 0.807. The van der Waals surface area contributed by atoms with Crippen LogP contribution in [0.5, 0.6) is 0 Å². The maximum Gasteiger partial charge on any atom is 0.416 e. The molecule has 0 fully saturated rings. The first kappa shape index (κ1) is 16.0. The Morgan fingerprint density at radius 3 is 2.48 bits per heavy atom. The molecular formula is C16H14BrF3O. The minimum atomic E-state index is -4.43. The lowest BCUT2D eigenvalue weighted by molar-refractivity contribution is -0.137. The summed E-state index contributed by atoms with van der Waals surface area (Å²) in [6.07, 6.45) is -4.74. The molecule has 1 unspecified atom stereocenters. The summed E-state index contributed by atoms with van der Waals surface area (Å²) in [4.78, 5) is 0. The van der Waals surface area contributed by atoms with Crippen molar-refractivity contribution in [3.63, 3.8) is 0 Å². The molecule has 0 aliphatic carbocycles. The Morgan fingerprint density at radius 2 is 1.86 bits per heavy atom. The lowest BCUT2D eigenvalue weighted by atomic mass is 9.97. The highest BCUT2D eigenvalue weighted by atomic mass is 79.9. The summed E-state index contributed by atoms with van der Waals surface area (Å²) < 4.78 is 38.8. The molecule has 21 heavy (non-hydrogen) atoms. The normalized spacial score (nSPS) is 13.2. The Labute approximate surface area is 129 Å². The molecule has 0 spiro atoms. The smallest absolute Gasteiger partial charge is 0.384 e. The fourth-order valence-electron chi connectivity index (χ4n) is 2.09. The van der Waals surface area contributed by atoms with Gasteiger partial charge >= 0.3 is 6.18 Å². The first-order chi connectivity index (χ1) is 9.82. The molecule has 0 radical (unpaired) electrons. The standard InChI is InChI=1S/C16H14BrF3O/c1-2-10-4-3-5-11(8-10)15(21)13-9-12(16(18,19)20)6-7-14(13)17/h3-9,15,21H,2H2,1H3. The van der Waals surface area contributed by atoms with Crippen LogP contribution in [0.3, 0.4) is 0 Å². The summed E-state index contributed by atoms with van der Waals surface area (Å²) in [5, 5.41) is 10.4.